The zero-order chi connectivity index (χ0) is 17.2. The van der Waals surface area contributed by atoms with E-state index in [2.05, 4.69) is 0 Å². The molecule has 0 aromatic heterocycles. The van der Waals surface area contributed by atoms with Gasteiger partial charge in [0.05, 0.1) is 18.3 Å². The fraction of sp³-hybridized carbons (Fsp3) is 0.143. The minimum atomic E-state index is -0.813. The first-order chi connectivity index (χ1) is 12.4. The van der Waals surface area contributed by atoms with E-state index in [0.717, 1.165) is 0 Å². The van der Waals surface area contributed by atoms with Crippen molar-refractivity contribution in [1.82, 2.24) is 0 Å². The van der Waals surface area contributed by atoms with Crippen LogP contribution in [-0.2, 0) is 14.0 Å². The molecule has 0 spiro atoms. The summed E-state index contributed by atoms with van der Waals surface area (Å²) in [6.45, 7) is 0. The van der Waals surface area contributed by atoms with Gasteiger partial charge in [0.1, 0.15) is 0 Å². The Morgan fingerprint density at radius 1 is 0.360 bits per heavy atom. The van der Waals surface area contributed by atoms with E-state index in [1.165, 1.54) is 0 Å². The quantitative estimate of drug-likeness (QED) is 0.683. The highest BCUT2D eigenvalue weighted by atomic mass is 16.7. The first-order valence-corrected chi connectivity index (χ1v) is 8.41. The highest BCUT2D eigenvalue weighted by molar-refractivity contribution is 6.36. The largest absolute Gasteiger partial charge is 0.641 e. The summed E-state index contributed by atoms with van der Waals surface area (Å²) in [5, 5.41) is 0. The van der Waals surface area contributed by atoms with Gasteiger partial charge in [-0.25, -0.2) is 0 Å². The van der Waals surface area contributed by atoms with E-state index in [9.17, 15) is 0 Å². The Bertz CT molecular complexity index is 549. The van der Waals surface area contributed by atoms with Gasteiger partial charge in [-0.15, -0.1) is 0 Å². The van der Waals surface area contributed by atoms with Crippen LogP contribution in [0.15, 0.2) is 109 Å². The maximum absolute atomic E-state index is 6.02. The molecule has 0 saturated carbocycles. The van der Waals surface area contributed by atoms with Crippen molar-refractivity contribution >= 4 is 7.32 Å². The first kappa shape index (κ1) is 17.4. The third-order valence-corrected chi connectivity index (χ3v) is 3.61. The Morgan fingerprint density at radius 2 is 0.600 bits per heavy atom. The van der Waals surface area contributed by atoms with Crippen LogP contribution in [0, 0.1) is 0 Å². The summed E-state index contributed by atoms with van der Waals surface area (Å²) in [7, 11) is -0.813. The van der Waals surface area contributed by atoms with Crippen molar-refractivity contribution in [3.8, 4) is 0 Å². The van der Waals surface area contributed by atoms with E-state index in [-0.39, 0.29) is 18.3 Å². The molecule has 0 saturated heterocycles. The first-order valence-electron chi connectivity index (χ1n) is 8.41. The molecular formula is C21H21BO3. The minimum Gasteiger partial charge on any atom is -0.376 e. The summed E-state index contributed by atoms with van der Waals surface area (Å²) >= 11 is 0. The molecule has 3 nitrogen and oxygen atoms in total. The molecule has 25 heavy (non-hydrogen) atoms. The average Bonchev–Trinajstić information content (AvgIpc) is 3.11. The van der Waals surface area contributed by atoms with Crippen LogP contribution in [0.3, 0.4) is 0 Å². The number of rotatable bonds is 6. The topological polar surface area (TPSA) is 27.7 Å². The Balaban J connectivity index is 1.68. The van der Waals surface area contributed by atoms with E-state index >= 15 is 0 Å². The Hall–Kier alpha value is -2.40. The summed E-state index contributed by atoms with van der Waals surface area (Å²) in [6.07, 6.45) is 34.6. The molecule has 0 atom stereocenters. The lowest BCUT2D eigenvalue weighted by Crippen LogP contribution is -2.36. The molecule has 0 heterocycles. The summed E-state index contributed by atoms with van der Waals surface area (Å²) < 4.78 is 18.1. The molecule has 0 fully saturated rings. The molecule has 0 aromatic rings. The average molecular weight is 332 g/mol. The highest BCUT2D eigenvalue weighted by Gasteiger charge is 2.29. The van der Waals surface area contributed by atoms with Crippen molar-refractivity contribution in [2.75, 3.05) is 0 Å². The normalized spacial score (nSPS) is 20.2. The smallest absolute Gasteiger partial charge is 0.376 e. The van der Waals surface area contributed by atoms with Gasteiger partial charge in [0.25, 0.3) is 0 Å². The number of hydrogen-bond acceptors (Lipinski definition) is 3. The van der Waals surface area contributed by atoms with Crippen LogP contribution < -0.4 is 0 Å². The fourth-order valence-electron chi connectivity index (χ4n) is 2.37. The van der Waals surface area contributed by atoms with E-state index in [1.54, 1.807) is 0 Å². The number of hydrogen-bond donors (Lipinski definition) is 0. The molecule has 4 heteroatoms. The Labute approximate surface area is 149 Å². The van der Waals surface area contributed by atoms with Crippen LogP contribution >= 0.6 is 0 Å². The Kier molecular flexibility index (Phi) is 6.83. The van der Waals surface area contributed by atoms with Gasteiger partial charge in [0, 0.05) is 0 Å². The second-order valence-corrected chi connectivity index (χ2v) is 5.55. The second-order valence-electron chi connectivity index (χ2n) is 5.55. The van der Waals surface area contributed by atoms with Gasteiger partial charge in [0.2, 0.25) is 0 Å². The standard InChI is InChI=1S/C21H21BO3/c1-2-8-14-19(13-7-1)23-22(24-20-15-9-3-4-10-16-20)25-21-17-11-5-6-12-18-21/h1-21H. The summed E-state index contributed by atoms with van der Waals surface area (Å²) in [6, 6.07) is 0. The van der Waals surface area contributed by atoms with Gasteiger partial charge in [0.15, 0.2) is 0 Å². The van der Waals surface area contributed by atoms with Crippen molar-refractivity contribution in [3.05, 3.63) is 109 Å². The molecule has 0 N–H and O–H groups in total. The molecule has 0 unspecified atom stereocenters. The predicted molar refractivity (Wildman–Crippen MR) is 103 cm³/mol. The maximum atomic E-state index is 6.02. The zero-order valence-electron chi connectivity index (χ0n) is 13.9. The van der Waals surface area contributed by atoms with Crippen molar-refractivity contribution in [2.24, 2.45) is 0 Å². The van der Waals surface area contributed by atoms with Crippen LogP contribution in [0.5, 0.6) is 0 Å². The lowest BCUT2D eigenvalue weighted by atomic mass is 10.1. The molecule has 0 bridgehead atoms. The van der Waals surface area contributed by atoms with Gasteiger partial charge in [-0.2, -0.15) is 0 Å². The van der Waals surface area contributed by atoms with Crippen LogP contribution in [0.1, 0.15) is 0 Å². The maximum Gasteiger partial charge on any atom is 0.641 e. The molecule has 3 aliphatic rings. The highest BCUT2D eigenvalue weighted by Crippen LogP contribution is 2.13. The van der Waals surface area contributed by atoms with Crippen LogP contribution in [0.25, 0.3) is 0 Å². The van der Waals surface area contributed by atoms with Gasteiger partial charge in [-0.05, 0) is 0 Å². The van der Waals surface area contributed by atoms with Crippen molar-refractivity contribution < 1.29 is 14.0 Å². The van der Waals surface area contributed by atoms with Crippen LogP contribution in [0.2, 0.25) is 0 Å². The molecule has 3 rings (SSSR count). The van der Waals surface area contributed by atoms with Gasteiger partial charge < -0.3 is 14.0 Å². The summed E-state index contributed by atoms with van der Waals surface area (Å²) in [4.78, 5) is 0. The van der Waals surface area contributed by atoms with Gasteiger partial charge in [-0.3, -0.25) is 0 Å². The zero-order valence-corrected chi connectivity index (χ0v) is 13.9. The van der Waals surface area contributed by atoms with Crippen molar-refractivity contribution in [2.45, 2.75) is 18.3 Å². The predicted octanol–water partition coefficient (Wildman–Crippen LogP) is 4.17. The van der Waals surface area contributed by atoms with Crippen molar-refractivity contribution in [1.29, 1.82) is 0 Å². The van der Waals surface area contributed by atoms with Gasteiger partial charge >= 0.3 is 7.32 Å². The van der Waals surface area contributed by atoms with Crippen molar-refractivity contribution in [3.63, 3.8) is 0 Å². The lowest BCUT2D eigenvalue weighted by Gasteiger charge is -2.22. The molecule has 3 aliphatic carbocycles. The van der Waals surface area contributed by atoms with Gasteiger partial charge in [-0.1, -0.05) is 109 Å². The Morgan fingerprint density at radius 3 is 0.840 bits per heavy atom. The minimum absolute atomic E-state index is 0.214. The summed E-state index contributed by atoms with van der Waals surface area (Å²) in [5.41, 5.74) is 0. The molecular weight excluding hydrogens is 311 g/mol. The molecule has 0 aromatic carbocycles. The fourth-order valence-corrected chi connectivity index (χ4v) is 2.37. The SMILES string of the molecule is C1=CC=CC(OB(OC2C=CC=CC=C2)OC2C=CC=CC=C2)C=C1. The van der Waals surface area contributed by atoms with E-state index in [4.69, 9.17) is 14.0 Å². The van der Waals surface area contributed by atoms with E-state index in [0.29, 0.717) is 0 Å². The molecule has 0 radical (unpaired) electrons. The molecule has 0 amide bonds. The second kappa shape index (κ2) is 9.79. The van der Waals surface area contributed by atoms with Crippen LogP contribution in [0.4, 0.5) is 0 Å². The monoisotopic (exact) mass is 332 g/mol. The van der Waals surface area contributed by atoms with E-state index < -0.39 is 7.32 Å². The molecule has 0 aliphatic heterocycles. The lowest BCUT2D eigenvalue weighted by molar-refractivity contribution is 0.0714. The molecule has 126 valence electrons. The van der Waals surface area contributed by atoms with Crippen LogP contribution in [-0.4, -0.2) is 25.6 Å². The van der Waals surface area contributed by atoms with E-state index in [1.807, 2.05) is 109 Å². The summed E-state index contributed by atoms with van der Waals surface area (Å²) in [5.74, 6) is 0. The number of allylic oxidation sites excluding steroid dienone is 12. The third kappa shape index (κ3) is 6.20. The third-order valence-electron chi connectivity index (χ3n) is 3.61.